The van der Waals surface area contributed by atoms with Gasteiger partial charge in [-0.15, -0.1) is 5.16 Å². The molecule has 0 amide bonds. The Labute approximate surface area is 206 Å². The molecule has 5 fully saturated rings. The van der Waals surface area contributed by atoms with Crippen molar-refractivity contribution in [3.05, 3.63) is 12.2 Å². The molecule has 0 radical (unpaired) electrons. The van der Waals surface area contributed by atoms with Crippen LogP contribution in [0.15, 0.2) is 17.3 Å². The summed E-state index contributed by atoms with van der Waals surface area (Å²) in [5.41, 5.74) is 1.30. The van der Waals surface area contributed by atoms with Gasteiger partial charge in [0.05, 0.1) is 18.2 Å². The normalized spacial score (nSPS) is 54.8. The number of aliphatic hydroxyl groups is 1. The van der Waals surface area contributed by atoms with Crippen LogP contribution in [0.5, 0.6) is 0 Å². The lowest BCUT2D eigenvalue weighted by atomic mass is 9.32. The Hall–Kier alpha value is -1.16. The largest absolute Gasteiger partial charge is 0.411 e. The number of carbonyl (C=O) groups excluding carboxylic acids is 1. The van der Waals surface area contributed by atoms with Crippen LogP contribution in [-0.2, 0) is 4.79 Å². The number of hydrogen-bond donors (Lipinski definition) is 2. The number of allylic oxidation sites excluding steroid dienone is 1. The lowest BCUT2D eigenvalue weighted by Crippen LogP contribution is -2.67. The van der Waals surface area contributed by atoms with Gasteiger partial charge in [-0.3, -0.25) is 4.79 Å². The van der Waals surface area contributed by atoms with Gasteiger partial charge in [-0.1, -0.05) is 39.8 Å². The fourth-order valence-electron chi connectivity index (χ4n) is 11.4. The summed E-state index contributed by atoms with van der Waals surface area (Å²) in [7, 11) is 0. The van der Waals surface area contributed by atoms with Crippen LogP contribution in [0.3, 0.4) is 0 Å². The summed E-state index contributed by atoms with van der Waals surface area (Å²) in [5.74, 6) is 2.78. The van der Waals surface area contributed by atoms with E-state index in [1.807, 2.05) is 13.1 Å². The van der Waals surface area contributed by atoms with Crippen LogP contribution in [-0.4, -0.2) is 28.9 Å². The van der Waals surface area contributed by atoms with Gasteiger partial charge in [0.15, 0.2) is 0 Å². The summed E-state index contributed by atoms with van der Waals surface area (Å²) >= 11 is 0. The fourth-order valence-corrected chi connectivity index (χ4v) is 11.4. The van der Waals surface area contributed by atoms with Crippen molar-refractivity contribution in [2.45, 2.75) is 98.8 Å². The zero-order valence-corrected chi connectivity index (χ0v) is 22.2. The molecule has 5 aliphatic carbocycles. The number of fused-ring (bicyclic) bond motifs is 7. The first-order valence-corrected chi connectivity index (χ1v) is 13.9. The first-order valence-electron chi connectivity index (χ1n) is 13.9. The molecule has 190 valence electrons. The molecule has 4 nitrogen and oxygen atoms in total. The Kier molecular flexibility index (Phi) is 5.53. The second-order valence-electron chi connectivity index (χ2n) is 14.2. The van der Waals surface area contributed by atoms with Gasteiger partial charge in [0.2, 0.25) is 0 Å². The topological polar surface area (TPSA) is 69.9 Å². The zero-order valence-electron chi connectivity index (χ0n) is 22.2. The molecule has 0 aromatic carbocycles. The van der Waals surface area contributed by atoms with Crippen molar-refractivity contribution in [1.82, 2.24) is 0 Å². The molecule has 5 saturated carbocycles. The van der Waals surface area contributed by atoms with Gasteiger partial charge in [-0.25, -0.2) is 0 Å². The SMILES string of the molecule is C=C(C)[C@@H]1CC[C@]2(/C=N/O)CC[C@]3(C)C(CC[C@@H]4[C@@]5(C)CCC(=O)C(C)(CO)[C@@H]5CC[C@]43C)[C@@H]12. The van der Waals surface area contributed by atoms with E-state index in [0.717, 1.165) is 38.5 Å². The predicted octanol–water partition coefficient (Wildman–Crippen LogP) is 6.65. The van der Waals surface area contributed by atoms with Crippen LogP contribution in [0.2, 0.25) is 0 Å². The Balaban J connectivity index is 1.56. The highest BCUT2D eigenvalue weighted by molar-refractivity contribution is 5.86. The lowest BCUT2D eigenvalue weighted by Gasteiger charge is -2.72. The standard InChI is InChI=1S/C30H47NO3/c1-19(2)20-9-14-30(17-31-34)16-15-28(5)21(25(20)30)7-8-23-26(3)12-11-24(33)27(4,18-32)22(26)10-13-29(23,28)6/h17,20-23,25,32,34H,1,7-16,18H2,2-6H3/b31-17+/t20-,21?,22+,23+,25+,26-,27?,28+,29+,30+/m0/s1. The Morgan fingerprint density at radius 2 is 1.74 bits per heavy atom. The van der Waals surface area contributed by atoms with E-state index in [2.05, 4.69) is 39.4 Å². The predicted molar refractivity (Wildman–Crippen MR) is 136 cm³/mol. The van der Waals surface area contributed by atoms with Gasteiger partial charge in [-0.05, 0) is 111 Å². The minimum absolute atomic E-state index is 0.0131. The number of rotatable bonds is 3. The summed E-state index contributed by atoms with van der Waals surface area (Å²) in [4.78, 5) is 13.0. The highest BCUT2D eigenvalue weighted by Crippen LogP contribution is 2.77. The Bertz CT molecular complexity index is 913. The molecule has 34 heavy (non-hydrogen) atoms. The summed E-state index contributed by atoms with van der Waals surface area (Å²) in [6, 6.07) is 0. The molecule has 5 rings (SSSR count). The van der Waals surface area contributed by atoms with Crippen molar-refractivity contribution in [3.8, 4) is 0 Å². The summed E-state index contributed by atoms with van der Waals surface area (Å²) in [6.45, 7) is 16.3. The van der Waals surface area contributed by atoms with Crippen molar-refractivity contribution in [3.63, 3.8) is 0 Å². The number of Topliss-reactive ketones (excluding diaryl/α,β-unsaturated/α-hetero) is 1. The van der Waals surface area contributed by atoms with E-state index in [0.29, 0.717) is 30.1 Å². The van der Waals surface area contributed by atoms with Gasteiger partial charge in [-0.2, -0.15) is 0 Å². The number of carbonyl (C=O) groups is 1. The zero-order chi connectivity index (χ0) is 24.7. The van der Waals surface area contributed by atoms with Crippen LogP contribution < -0.4 is 0 Å². The second-order valence-corrected chi connectivity index (χ2v) is 14.2. The maximum atomic E-state index is 13.0. The molecule has 2 unspecified atom stereocenters. The molecule has 2 N–H and O–H groups in total. The van der Waals surface area contributed by atoms with Crippen LogP contribution >= 0.6 is 0 Å². The van der Waals surface area contributed by atoms with Gasteiger partial charge in [0.25, 0.3) is 0 Å². The number of nitrogens with zero attached hydrogens (tertiary/aromatic N) is 1. The summed E-state index contributed by atoms with van der Waals surface area (Å²) < 4.78 is 0. The number of ketones is 1. The van der Waals surface area contributed by atoms with Gasteiger partial charge < -0.3 is 10.3 Å². The highest BCUT2D eigenvalue weighted by Gasteiger charge is 2.71. The van der Waals surface area contributed by atoms with Gasteiger partial charge in [0, 0.05) is 11.8 Å². The quantitative estimate of drug-likeness (QED) is 0.210. The molecular weight excluding hydrogens is 422 g/mol. The molecule has 0 aromatic heterocycles. The maximum Gasteiger partial charge on any atom is 0.141 e. The van der Waals surface area contributed by atoms with Crippen molar-refractivity contribution < 1.29 is 15.1 Å². The van der Waals surface area contributed by atoms with E-state index in [9.17, 15) is 15.1 Å². The number of oxime groups is 1. The number of hydrogen-bond acceptors (Lipinski definition) is 4. The molecule has 0 aromatic rings. The van der Waals surface area contributed by atoms with Crippen LogP contribution in [0.1, 0.15) is 98.8 Å². The van der Waals surface area contributed by atoms with Gasteiger partial charge in [0.1, 0.15) is 5.78 Å². The molecule has 4 heteroatoms. The third-order valence-electron chi connectivity index (χ3n) is 13.3. The average molecular weight is 470 g/mol. The smallest absolute Gasteiger partial charge is 0.141 e. The molecule has 0 saturated heterocycles. The fraction of sp³-hybridized carbons (Fsp3) is 0.867. The second kappa shape index (κ2) is 7.67. The molecular formula is C30H47NO3. The van der Waals surface area contributed by atoms with Crippen LogP contribution in [0.4, 0.5) is 0 Å². The minimum atomic E-state index is -0.581. The van der Waals surface area contributed by atoms with E-state index < -0.39 is 5.41 Å². The highest BCUT2D eigenvalue weighted by atomic mass is 16.4. The minimum Gasteiger partial charge on any atom is -0.411 e. The van der Waals surface area contributed by atoms with E-state index in [4.69, 9.17) is 0 Å². The first-order chi connectivity index (χ1) is 15.9. The van der Waals surface area contributed by atoms with E-state index in [1.54, 1.807) is 0 Å². The van der Waals surface area contributed by atoms with E-state index in [-0.39, 0.29) is 40.0 Å². The maximum absolute atomic E-state index is 13.0. The molecule has 0 heterocycles. The van der Waals surface area contributed by atoms with Crippen LogP contribution in [0.25, 0.3) is 0 Å². The monoisotopic (exact) mass is 469 g/mol. The lowest BCUT2D eigenvalue weighted by molar-refractivity contribution is -0.232. The molecule has 0 aliphatic heterocycles. The molecule has 10 atom stereocenters. The van der Waals surface area contributed by atoms with Gasteiger partial charge >= 0.3 is 0 Å². The van der Waals surface area contributed by atoms with Crippen molar-refractivity contribution >= 4 is 12.0 Å². The van der Waals surface area contributed by atoms with E-state index >= 15 is 0 Å². The first kappa shape index (κ1) is 24.5. The van der Waals surface area contributed by atoms with Crippen molar-refractivity contribution in [1.29, 1.82) is 0 Å². The Morgan fingerprint density at radius 1 is 1.00 bits per heavy atom. The molecule has 0 bridgehead atoms. The third kappa shape index (κ3) is 2.81. The van der Waals surface area contributed by atoms with Crippen molar-refractivity contribution in [2.24, 2.45) is 61.8 Å². The molecule has 0 spiro atoms. The average Bonchev–Trinajstić information content (AvgIpc) is 3.17. The van der Waals surface area contributed by atoms with Crippen molar-refractivity contribution in [2.75, 3.05) is 6.61 Å². The third-order valence-corrected chi connectivity index (χ3v) is 13.3. The number of aliphatic hydroxyl groups excluding tert-OH is 1. The van der Waals surface area contributed by atoms with Crippen LogP contribution in [0, 0.1) is 56.7 Å². The Morgan fingerprint density at radius 3 is 2.38 bits per heavy atom. The van der Waals surface area contributed by atoms with E-state index in [1.165, 1.54) is 24.8 Å². The summed E-state index contributed by atoms with van der Waals surface area (Å²) in [6.07, 6.45) is 12.7. The summed E-state index contributed by atoms with van der Waals surface area (Å²) in [5, 5.41) is 23.6. The molecule has 5 aliphatic rings.